The van der Waals surface area contributed by atoms with E-state index < -0.39 is 15.1 Å². The zero-order valence-corrected chi connectivity index (χ0v) is 14.7. The molecule has 2 rings (SSSR count). The summed E-state index contributed by atoms with van der Waals surface area (Å²) in [7, 11) is -3.29. The molecule has 0 radical (unpaired) electrons. The van der Waals surface area contributed by atoms with E-state index in [9.17, 15) is 13.2 Å². The van der Waals surface area contributed by atoms with Gasteiger partial charge in [-0.3, -0.25) is 4.79 Å². The lowest BCUT2D eigenvalue weighted by Gasteiger charge is -2.13. The van der Waals surface area contributed by atoms with E-state index in [0.29, 0.717) is 12.1 Å². The summed E-state index contributed by atoms with van der Waals surface area (Å²) in [6, 6.07) is 6.16. The summed E-state index contributed by atoms with van der Waals surface area (Å²) in [4.78, 5) is 12.4. The Bertz CT molecular complexity index is 673. The first-order valence-electron chi connectivity index (χ1n) is 8.21. The second-order valence-electron chi connectivity index (χ2n) is 6.23. The van der Waals surface area contributed by atoms with Crippen molar-refractivity contribution in [2.75, 3.05) is 6.54 Å². The van der Waals surface area contributed by atoms with Crippen molar-refractivity contribution in [2.24, 2.45) is 0 Å². The maximum absolute atomic E-state index is 12.1. The number of allylic oxidation sites excluding steroid dienone is 1. The lowest BCUT2D eigenvalue weighted by Crippen LogP contribution is -2.25. The maximum Gasteiger partial charge on any atom is 0.251 e. The number of rotatable bonds is 6. The van der Waals surface area contributed by atoms with Crippen molar-refractivity contribution in [3.63, 3.8) is 0 Å². The lowest BCUT2D eigenvalue weighted by atomic mass is 9.97. The van der Waals surface area contributed by atoms with Crippen LogP contribution in [0.3, 0.4) is 0 Å². The summed E-state index contributed by atoms with van der Waals surface area (Å²) in [5.74, 6) is -0.157. The van der Waals surface area contributed by atoms with Crippen LogP contribution in [0.15, 0.2) is 40.8 Å². The van der Waals surface area contributed by atoms with Gasteiger partial charge in [0.15, 0.2) is 9.84 Å². The van der Waals surface area contributed by atoms with Gasteiger partial charge in [0.1, 0.15) is 0 Å². The van der Waals surface area contributed by atoms with Crippen molar-refractivity contribution in [3.05, 3.63) is 41.5 Å². The molecule has 1 amide bonds. The van der Waals surface area contributed by atoms with Crippen molar-refractivity contribution < 1.29 is 13.2 Å². The molecule has 4 nitrogen and oxygen atoms in total. The van der Waals surface area contributed by atoms with E-state index in [2.05, 4.69) is 11.4 Å². The van der Waals surface area contributed by atoms with E-state index >= 15 is 0 Å². The SMILES string of the molecule is CC(C)S(=O)(=O)c1ccc(C(=O)NCCC2=CCCCC2)cc1. The summed E-state index contributed by atoms with van der Waals surface area (Å²) in [5, 5.41) is 2.43. The van der Waals surface area contributed by atoms with Gasteiger partial charge >= 0.3 is 0 Å². The van der Waals surface area contributed by atoms with Gasteiger partial charge in [-0.2, -0.15) is 0 Å². The molecule has 0 spiro atoms. The predicted octanol–water partition coefficient (Wildman–Crippen LogP) is 3.49. The smallest absolute Gasteiger partial charge is 0.251 e. The standard InChI is InChI=1S/C18H25NO3S/c1-14(2)23(21,22)17-10-8-16(9-11-17)18(20)19-13-12-15-6-4-3-5-7-15/h6,8-11,14H,3-5,7,12-13H2,1-2H3,(H,19,20). The second-order valence-corrected chi connectivity index (χ2v) is 8.74. The summed E-state index contributed by atoms with van der Waals surface area (Å²) in [6.45, 7) is 3.92. The molecule has 1 N–H and O–H groups in total. The minimum atomic E-state index is -3.29. The monoisotopic (exact) mass is 335 g/mol. The largest absolute Gasteiger partial charge is 0.352 e. The quantitative estimate of drug-likeness (QED) is 0.809. The molecular weight excluding hydrogens is 310 g/mol. The number of nitrogens with one attached hydrogen (secondary N) is 1. The van der Waals surface area contributed by atoms with Crippen LogP contribution < -0.4 is 5.32 Å². The summed E-state index contributed by atoms with van der Waals surface area (Å²) in [6.07, 6.45) is 7.96. The van der Waals surface area contributed by atoms with Crippen molar-refractivity contribution >= 4 is 15.7 Å². The van der Waals surface area contributed by atoms with Crippen LogP contribution in [0, 0.1) is 0 Å². The predicted molar refractivity (Wildman–Crippen MR) is 92.3 cm³/mol. The Hall–Kier alpha value is -1.62. The van der Waals surface area contributed by atoms with Gasteiger partial charge in [-0.1, -0.05) is 11.6 Å². The van der Waals surface area contributed by atoms with Crippen LogP contribution in [0.5, 0.6) is 0 Å². The molecule has 1 aromatic carbocycles. The lowest BCUT2D eigenvalue weighted by molar-refractivity contribution is 0.0954. The van der Waals surface area contributed by atoms with E-state index in [0.717, 1.165) is 19.3 Å². The molecule has 126 valence electrons. The van der Waals surface area contributed by atoms with Crippen molar-refractivity contribution in [1.29, 1.82) is 0 Å². The van der Waals surface area contributed by atoms with Gasteiger partial charge < -0.3 is 5.32 Å². The Kier molecular flexibility index (Phi) is 5.99. The van der Waals surface area contributed by atoms with Crippen LogP contribution in [-0.4, -0.2) is 26.1 Å². The highest BCUT2D eigenvalue weighted by atomic mass is 32.2. The average Bonchev–Trinajstić information content (AvgIpc) is 2.55. The van der Waals surface area contributed by atoms with Gasteiger partial charge in [0.2, 0.25) is 0 Å². The van der Waals surface area contributed by atoms with Gasteiger partial charge in [-0.05, 0) is 70.2 Å². The van der Waals surface area contributed by atoms with Crippen molar-refractivity contribution in [1.82, 2.24) is 5.32 Å². The van der Waals surface area contributed by atoms with Crippen molar-refractivity contribution in [3.8, 4) is 0 Å². The molecule has 0 saturated heterocycles. The molecule has 0 saturated carbocycles. The highest BCUT2D eigenvalue weighted by Crippen LogP contribution is 2.19. The molecular formula is C18H25NO3S. The molecule has 0 aromatic heterocycles. The van der Waals surface area contributed by atoms with Crippen LogP contribution >= 0.6 is 0 Å². The molecule has 0 fully saturated rings. The molecule has 1 aliphatic carbocycles. The third-order valence-corrected chi connectivity index (χ3v) is 6.35. The Labute approximate surface area is 138 Å². The summed E-state index contributed by atoms with van der Waals surface area (Å²) in [5.41, 5.74) is 1.92. The van der Waals surface area contributed by atoms with E-state index in [1.807, 2.05) is 0 Å². The Balaban J connectivity index is 1.91. The zero-order valence-electron chi connectivity index (χ0n) is 13.8. The van der Waals surface area contributed by atoms with Gasteiger partial charge in [0.25, 0.3) is 5.91 Å². The fraction of sp³-hybridized carbons (Fsp3) is 0.500. The Morgan fingerprint density at radius 2 is 1.87 bits per heavy atom. The van der Waals surface area contributed by atoms with Crippen LogP contribution in [-0.2, 0) is 9.84 Å². The van der Waals surface area contributed by atoms with Crippen LogP contribution in [0.4, 0.5) is 0 Å². The molecule has 1 aliphatic rings. The van der Waals surface area contributed by atoms with E-state index in [1.165, 1.54) is 30.5 Å². The van der Waals surface area contributed by atoms with Gasteiger partial charge in [0.05, 0.1) is 10.1 Å². The van der Waals surface area contributed by atoms with E-state index in [-0.39, 0.29) is 10.8 Å². The van der Waals surface area contributed by atoms with Crippen molar-refractivity contribution in [2.45, 2.75) is 56.1 Å². The number of carbonyl (C=O) groups is 1. The van der Waals surface area contributed by atoms with Gasteiger partial charge in [0, 0.05) is 12.1 Å². The normalized spacial score (nSPS) is 15.3. The number of hydrogen-bond donors (Lipinski definition) is 1. The second kappa shape index (κ2) is 7.77. The minimum Gasteiger partial charge on any atom is -0.352 e. The molecule has 0 atom stereocenters. The molecule has 0 aliphatic heterocycles. The minimum absolute atomic E-state index is 0.157. The molecule has 0 bridgehead atoms. The number of sulfone groups is 1. The number of hydrogen-bond acceptors (Lipinski definition) is 3. The molecule has 23 heavy (non-hydrogen) atoms. The highest BCUT2D eigenvalue weighted by molar-refractivity contribution is 7.92. The molecule has 1 aromatic rings. The number of benzene rings is 1. The van der Waals surface area contributed by atoms with Crippen LogP contribution in [0.25, 0.3) is 0 Å². The molecule has 0 heterocycles. The highest BCUT2D eigenvalue weighted by Gasteiger charge is 2.19. The number of amides is 1. The first kappa shape index (κ1) is 17.7. The first-order valence-corrected chi connectivity index (χ1v) is 9.76. The van der Waals surface area contributed by atoms with Crippen LogP contribution in [0.2, 0.25) is 0 Å². The van der Waals surface area contributed by atoms with Gasteiger partial charge in [-0.15, -0.1) is 0 Å². The average molecular weight is 335 g/mol. The first-order chi connectivity index (χ1) is 10.9. The molecule has 5 heteroatoms. The topological polar surface area (TPSA) is 63.2 Å². The van der Waals surface area contributed by atoms with E-state index in [1.54, 1.807) is 26.0 Å². The summed E-state index contributed by atoms with van der Waals surface area (Å²) >= 11 is 0. The maximum atomic E-state index is 12.1. The Morgan fingerprint density at radius 1 is 1.17 bits per heavy atom. The Morgan fingerprint density at radius 3 is 2.43 bits per heavy atom. The summed E-state index contributed by atoms with van der Waals surface area (Å²) < 4.78 is 24.1. The van der Waals surface area contributed by atoms with Crippen LogP contribution in [0.1, 0.15) is 56.3 Å². The number of carbonyl (C=O) groups excluding carboxylic acids is 1. The van der Waals surface area contributed by atoms with E-state index in [4.69, 9.17) is 0 Å². The molecule has 0 unspecified atom stereocenters. The zero-order chi connectivity index (χ0) is 16.9. The van der Waals surface area contributed by atoms with Gasteiger partial charge in [-0.25, -0.2) is 8.42 Å². The third kappa shape index (κ3) is 4.67. The fourth-order valence-corrected chi connectivity index (χ4v) is 3.70. The third-order valence-electron chi connectivity index (χ3n) is 4.18. The fourth-order valence-electron chi connectivity index (χ4n) is 2.64.